The number of thioether (sulfide) groups is 1. The van der Waals surface area contributed by atoms with Gasteiger partial charge in [-0.1, -0.05) is 97.4 Å². The maximum absolute atomic E-state index is 13.6. The largest absolute Gasteiger partial charge is 0.354 e. The normalized spacial score (nSPS) is 11.6. The molecule has 0 heterocycles. The molecule has 0 spiro atoms. The van der Waals surface area contributed by atoms with Crippen molar-refractivity contribution in [1.82, 2.24) is 10.2 Å². The summed E-state index contributed by atoms with van der Waals surface area (Å²) in [6.45, 7) is 5.08. The van der Waals surface area contributed by atoms with Gasteiger partial charge in [0.1, 0.15) is 6.04 Å². The van der Waals surface area contributed by atoms with Gasteiger partial charge in [0.05, 0.1) is 5.75 Å². The molecular weight excluding hydrogens is 440 g/mol. The van der Waals surface area contributed by atoms with Crippen molar-refractivity contribution in [2.75, 3.05) is 12.3 Å². The molecule has 1 unspecified atom stereocenters. The second-order valence-electron chi connectivity index (χ2n) is 8.49. The first kappa shape index (κ1) is 25.6. The van der Waals surface area contributed by atoms with E-state index in [4.69, 9.17) is 0 Å². The Balaban J connectivity index is 1.83. The van der Waals surface area contributed by atoms with Gasteiger partial charge in [-0.25, -0.2) is 0 Å². The Morgan fingerprint density at radius 2 is 1.53 bits per heavy atom. The van der Waals surface area contributed by atoms with Crippen molar-refractivity contribution < 1.29 is 9.59 Å². The SMILES string of the molecule is CCCNC(=O)C(Cc1ccccc1)N(Cc1cccc(C)c1)C(=O)CSCc1ccccc1. The van der Waals surface area contributed by atoms with Gasteiger partial charge in [0, 0.05) is 25.3 Å². The van der Waals surface area contributed by atoms with Crippen molar-refractivity contribution in [2.45, 2.75) is 45.0 Å². The molecule has 3 aromatic rings. The van der Waals surface area contributed by atoms with Crippen LogP contribution in [0.25, 0.3) is 0 Å². The van der Waals surface area contributed by atoms with Gasteiger partial charge in [-0.15, -0.1) is 11.8 Å². The van der Waals surface area contributed by atoms with E-state index in [0.29, 0.717) is 25.3 Å². The number of carbonyl (C=O) groups is 2. The van der Waals surface area contributed by atoms with Crippen LogP contribution in [0.4, 0.5) is 0 Å². The molecule has 2 amide bonds. The van der Waals surface area contributed by atoms with Gasteiger partial charge in [-0.2, -0.15) is 0 Å². The van der Waals surface area contributed by atoms with Gasteiger partial charge in [-0.3, -0.25) is 9.59 Å². The highest BCUT2D eigenvalue weighted by Gasteiger charge is 2.30. The molecule has 0 aromatic heterocycles. The van der Waals surface area contributed by atoms with Crippen molar-refractivity contribution in [3.63, 3.8) is 0 Å². The van der Waals surface area contributed by atoms with Crippen LogP contribution >= 0.6 is 11.8 Å². The third-order valence-electron chi connectivity index (χ3n) is 5.59. The quantitative estimate of drug-likeness (QED) is 0.383. The monoisotopic (exact) mass is 474 g/mol. The topological polar surface area (TPSA) is 49.4 Å². The number of aryl methyl sites for hydroxylation is 1. The van der Waals surface area contributed by atoms with Crippen LogP contribution in [0.5, 0.6) is 0 Å². The van der Waals surface area contributed by atoms with Crippen LogP contribution < -0.4 is 5.32 Å². The molecular formula is C29H34N2O2S. The van der Waals surface area contributed by atoms with E-state index in [2.05, 4.69) is 23.5 Å². The number of nitrogens with one attached hydrogen (secondary N) is 1. The molecule has 3 aromatic carbocycles. The number of benzene rings is 3. The van der Waals surface area contributed by atoms with E-state index in [1.165, 1.54) is 5.56 Å². The van der Waals surface area contributed by atoms with Crippen molar-refractivity contribution in [2.24, 2.45) is 0 Å². The first-order valence-corrected chi connectivity index (χ1v) is 13.0. The average Bonchev–Trinajstić information content (AvgIpc) is 2.86. The fraction of sp³-hybridized carbons (Fsp3) is 0.310. The highest BCUT2D eigenvalue weighted by Crippen LogP contribution is 2.19. The molecule has 1 N–H and O–H groups in total. The van der Waals surface area contributed by atoms with Gasteiger partial charge in [-0.05, 0) is 30.0 Å². The fourth-order valence-electron chi connectivity index (χ4n) is 3.84. The predicted molar refractivity (Wildman–Crippen MR) is 142 cm³/mol. The Kier molecular flexibility index (Phi) is 10.2. The van der Waals surface area contributed by atoms with Crippen LogP contribution in [-0.2, 0) is 28.3 Å². The highest BCUT2D eigenvalue weighted by molar-refractivity contribution is 7.99. The predicted octanol–water partition coefficient (Wildman–Crippen LogP) is 5.39. The van der Waals surface area contributed by atoms with Crippen LogP contribution in [0.1, 0.15) is 35.6 Å². The molecule has 5 heteroatoms. The Morgan fingerprint density at radius 3 is 2.18 bits per heavy atom. The van der Waals surface area contributed by atoms with E-state index in [1.54, 1.807) is 16.7 Å². The van der Waals surface area contributed by atoms with E-state index < -0.39 is 6.04 Å². The van der Waals surface area contributed by atoms with Crippen LogP contribution in [0.3, 0.4) is 0 Å². The van der Waals surface area contributed by atoms with Gasteiger partial charge in [0.2, 0.25) is 11.8 Å². The summed E-state index contributed by atoms with van der Waals surface area (Å²) < 4.78 is 0. The Labute approximate surface area is 207 Å². The molecule has 0 aliphatic heterocycles. The minimum absolute atomic E-state index is 0.0185. The van der Waals surface area contributed by atoms with Gasteiger partial charge < -0.3 is 10.2 Å². The van der Waals surface area contributed by atoms with Crippen molar-refractivity contribution >= 4 is 23.6 Å². The van der Waals surface area contributed by atoms with E-state index >= 15 is 0 Å². The second-order valence-corrected chi connectivity index (χ2v) is 9.47. The van der Waals surface area contributed by atoms with Crippen LogP contribution in [0, 0.1) is 6.92 Å². The molecule has 0 bridgehead atoms. The molecule has 3 rings (SSSR count). The summed E-state index contributed by atoms with van der Waals surface area (Å²) in [6.07, 6.45) is 1.33. The molecule has 0 aliphatic carbocycles. The number of hydrogen-bond acceptors (Lipinski definition) is 3. The lowest BCUT2D eigenvalue weighted by Gasteiger charge is -2.31. The molecule has 34 heavy (non-hydrogen) atoms. The van der Waals surface area contributed by atoms with E-state index in [-0.39, 0.29) is 11.8 Å². The number of hydrogen-bond donors (Lipinski definition) is 1. The summed E-state index contributed by atoms with van der Waals surface area (Å²) >= 11 is 1.59. The standard InChI is InChI=1S/C29H34N2O2S/c1-3-17-30-29(33)27(19-24-12-6-4-7-13-24)31(20-26-16-10-11-23(2)18-26)28(32)22-34-21-25-14-8-5-9-15-25/h4-16,18,27H,3,17,19-22H2,1-2H3,(H,30,33). The summed E-state index contributed by atoms with van der Waals surface area (Å²) in [7, 11) is 0. The first-order chi connectivity index (χ1) is 16.6. The van der Waals surface area contributed by atoms with Gasteiger partial charge in [0.25, 0.3) is 0 Å². The van der Waals surface area contributed by atoms with Crippen molar-refractivity contribution in [1.29, 1.82) is 0 Å². The third-order valence-corrected chi connectivity index (χ3v) is 6.58. The molecule has 0 saturated heterocycles. The summed E-state index contributed by atoms with van der Waals surface area (Å²) in [5, 5.41) is 3.03. The number of nitrogens with zero attached hydrogens (tertiary/aromatic N) is 1. The summed E-state index contributed by atoms with van der Waals surface area (Å²) in [4.78, 5) is 28.6. The lowest BCUT2D eigenvalue weighted by molar-refractivity contribution is -0.139. The molecule has 4 nitrogen and oxygen atoms in total. The number of carbonyl (C=O) groups excluding carboxylic acids is 2. The zero-order valence-corrected chi connectivity index (χ0v) is 20.9. The first-order valence-electron chi connectivity index (χ1n) is 11.8. The fourth-order valence-corrected chi connectivity index (χ4v) is 4.71. The van der Waals surface area contributed by atoms with Crippen molar-refractivity contribution in [3.8, 4) is 0 Å². The molecule has 0 aliphatic rings. The molecule has 0 radical (unpaired) electrons. The Hall–Kier alpha value is -3.05. The highest BCUT2D eigenvalue weighted by atomic mass is 32.2. The Morgan fingerprint density at radius 1 is 0.882 bits per heavy atom. The molecule has 0 fully saturated rings. The van der Waals surface area contributed by atoms with Crippen LogP contribution in [0.2, 0.25) is 0 Å². The average molecular weight is 475 g/mol. The van der Waals surface area contributed by atoms with E-state index in [9.17, 15) is 9.59 Å². The van der Waals surface area contributed by atoms with E-state index in [0.717, 1.165) is 28.9 Å². The number of rotatable bonds is 12. The van der Waals surface area contributed by atoms with Crippen molar-refractivity contribution in [3.05, 3.63) is 107 Å². The maximum Gasteiger partial charge on any atom is 0.243 e. The zero-order chi connectivity index (χ0) is 24.2. The van der Waals surface area contributed by atoms with Crippen LogP contribution in [0.15, 0.2) is 84.9 Å². The second kappa shape index (κ2) is 13.6. The van der Waals surface area contributed by atoms with E-state index in [1.807, 2.05) is 80.6 Å². The minimum Gasteiger partial charge on any atom is -0.354 e. The maximum atomic E-state index is 13.6. The van der Waals surface area contributed by atoms with Gasteiger partial charge >= 0.3 is 0 Å². The molecule has 1 atom stereocenters. The third kappa shape index (κ3) is 8.07. The summed E-state index contributed by atoms with van der Waals surface area (Å²) in [5.74, 6) is 0.971. The van der Waals surface area contributed by atoms with Gasteiger partial charge in [0.15, 0.2) is 0 Å². The summed E-state index contributed by atoms with van der Waals surface area (Å²) in [6, 6.07) is 27.7. The lowest BCUT2D eigenvalue weighted by atomic mass is 10.0. The molecule has 178 valence electrons. The minimum atomic E-state index is -0.570. The summed E-state index contributed by atoms with van der Waals surface area (Å²) in [5.41, 5.74) is 4.39. The zero-order valence-electron chi connectivity index (χ0n) is 20.1. The number of amides is 2. The Bertz CT molecular complexity index is 1040. The lowest BCUT2D eigenvalue weighted by Crippen LogP contribution is -2.51. The molecule has 0 saturated carbocycles. The smallest absolute Gasteiger partial charge is 0.243 e. The van der Waals surface area contributed by atoms with Crippen LogP contribution in [-0.4, -0.2) is 35.1 Å².